The molecule has 0 atom stereocenters. The summed E-state index contributed by atoms with van der Waals surface area (Å²) in [6.45, 7) is 1.41. The van der Waals surface area contributed by atoms with Gasteiger partial charge in [0.25, 0.3) is 5.91 Å². The van der Waals surface area contributed by atoms with Crippen LogP contribution < -0.4 is 10.0 Å². The normalized spacial score (nSPS) is 11.0. The predicted molar refractivity (Wildman–Crippen MR) is 105 cm³/mol. The molecule has 0 radical (unpaired) electrons. The number of sulfonamides is 1. The molecule has 138 valence electrons. The van der Waals surface area contributed by atoms with E-state index in [2.05, 4.69) is 32.6 Å². The van der Waals surface area contributed by atoms with E-state index >= 15 is 0 Å². The van der Waals surface area contributed by atoms with Crippen LogP contribution in [0.25, 0.3) is 0 Å². The minimum atomic E-state index is -3.68. The Kier molecular flexibility index (Phi) is 7.12. The number of hydrogen-bond acceptors (Lipinski definition) is 5. The number of nitrogens with one attached hydrogen (secondary N) is 2. The molecule has 2 aromatic carbocycles. The highest BCUT2D eigenvalue weighted by Crippen LogP contribution is 2.13. The minimum Gasteiger partial charge on any atom is -0.452 e. The number of carbonyl (C=O) groups is 2. The zero-order valence-electron chi connectivity index (χ0n) is 13.9. The first-order valence-corrected chi connectivity index (χ1v) is 10.2. The number of ether oxygens (including phenoxy) is 1. The lowest BCUT2D eigenvalue weighted by Crippen LogP contribution is -2.24. The van der Waals surface area contributed by atoms with Crippen LogP contribution in [0.3, 0.4) is 0 Å². The number of hydrogen-bond donors (Lipinski definition) is 2. The topological polar surface area (TPSA) is 102 Å². The third-order valence-electron chi connectivity index (χ3n) is 3.18. The first-order chi connectivity index (χ1) is 12.3. The van der Waals surface area contributed by atoms with Crippen molar-refractivity contribution in [3.05, 3.63) is 57.7 Å². The zero-order valence-corrected chi connectivity index (χ0v) is 16.8. The van der Waals surface area contributed by atoms with Gasteiger partial charge in [0, 0.05) is 15.8 Å². The van der Waals surface area contributed by atoms with E-state index in [-0.39, 0.29) is 17.0 Å². The number of halogens is 1. The fraction of sp³-hybridized carbons (Fsp3) is 0.176. The van der Waals surface area contributed by atoms with Gasteiger partial charge in [0.1, 0.15) is 0 Å². The maximum atomic E-state index is 12.1. The van der Waals surface area contributed by atoms with Crippen LogP contribution >= 0.6 is 22.6 Å². The van der Waals surface area contributed by atoms with Gasteiger partial charge in [0.05, 0.1) is 10.5 Å². The van der Waals surface area contributed by atoms with E-state index in [4.69, 9.17) is 4.74 Å². The van der Waals surface area contributed by atoms with Gasteiger partial charge in [-0.25, -0.2) is 17.9 Å². The molecule has 9 heteroatoms. The molecule has 0 unspecified atom stereocenters. The number of rotatable bonds is 7. The van der Waals surface area contributed by atoms with Crippen molar-refractivity contribution in [1.29, 1.82) is 0 Å². The Bertz CT molecular complexity index is 898. The molecule has 0 aliphatic rings. The summed E-state index contributed by atoms with van der Waals surface area (Å²) in [5.74, 6) is -1.27. The molecule has 2 rings (SSSR count). The second-order valence-electron chi connectivity index (χ2n) is 5.16. The molecular formula is C17H17IN2O5S. The van der Waals surface area contributed by atoms with Crippen molar-refractivity contribution in [3.8, 4) is 0 Å². The fourth-order valence-electron chi connectivity index (χ4n) is 2.01. The maximum Gasteiger partial charge on any atom is 0.338 e. The summed E-state index contributed by atoms with van der Waals surface area (Å²) in [6, 6.07) is 12.6. The summed E-state index contributed by atoms with van der Waals surface area (Å²) in [5, 5.41) is 2.60. The van der Waals surface area contributed by atoms with Gasteiger partial charge in [-0.3, -0.25) is 4.79 Å². The molecule has 0 aliphatic carbocycles. The first-order valence-electron chi connectivity index (χ1n) is 7.64. The van der Waals surface area contributed by atoms with Gasteiger partial charge in [0.15, 0.2) is 6.61 Å². The van der Waals surface area contributed by atoms with Crippen molar-refractivity contribution < 1.29 is 22.7 Å². The van der Waals surface area contributed by atoms with E-state index < -0.39 is 28.5 Å². The standard InChI is InChI=1S/C17H17IN2O5S/c1-2-19-26(23,24)15-5-3-4-12(10-15)17(22)25-11-16(21)20-14-8-6-13(18)7-9-14/h3-10,19H,2,11H2,1H3,(H,20,21). The second kappa shape index (κ2) is 9.10. The molecule has 0 heterocycles. The zero-order chi connectivity index (χ0) is 19.2. The quantitative estimate of drug-likeness (QED) is 0.461. The Morgan fingerprint density at radius 3 is 2.46 bits per heavy atom. The van der Waals surface area contributed by atoms with E-state index in [9.17, 15) is 18.0 Å². The van der Waals surface area contributed by atoms with Crippen molar-refractivity contribution in [1.82, 2.24) is 4.72 Å². The number of esters is 1. The molecule has 1 amide bonds. The van der Waals surface area contributed by atoms with Crippen LogP contribution in [0.5, 0.6) is 0 Å². The van der Waals surface area contributed by atoms with Gasteiger partial charge in [-0.05, 0) is 65.1 Å². The Hall–Kier alpha value is -1.98. The Morgan fingerprint density at radius 2 is 1.81 bits per heavy atom. The number of anilines is 1. The van der Waals surface area contributed by atoms with Crippen LogP contribution in [0.1, 0.15) is 17.3 Å². The van der Waals surface area contributed by atoms with Crippen molar-refractivity contribution in [2.45, 2.75) is 11.8 Å². The SMILES string of the molecule is CCNS(=O)(=O)c1cccc(C(=O)OCC(=O)Nc2ccc(I)cc2)c1. The maximum absolute atomic E-state index is 12.1. The average Bonchev–Trinajstić information content (AvgIpc) is 2.62. The molecular weight excluding hydrogens is 471 g/mol. The molecule has 0 saturated heterocycles. The minimum absolute atomic E-state index is 0.0443. The molecule has 26 heavy (non-hydrogen) atoms. The lowest BCUT2D eigenvalue weighted by Gasteiger charge is -2.08. The van der Waals surface area contributed by atoms with Gasteiger partial charge in [-0.15, -0.1) is 0 Å². The van der Waals surface area contributed by atoms with Crippen LogP contribution in [0.4, 0.5) is 5.69 Å². The van der Waals surface area contributed by atoms with Gasteiger partial charge >= 0.3 is 5.97 Å². The summed E-state index contributed by atoms with van der Waals surface area (Å²) in [4.78, 5) is 23.9. The third kappa shape index (κ3) is 5.78. The van der Waals surface area contributed by atoms with E-state index in [0.29, 0.717) is 5.69 Å². The molecule has 0 bridgehead atoms. The van der Waals surface area contributed by atoms with Crippen LogP contribution in [0, 0.1) is 3.57 Å². The highest BCUT2D eigenvalue weighted by atomic mass is 127. The Labute approximate surface area is 165 Å². The number of benzene rings is 2. The monoisotopic (exact) mass is 488 g/mol. The van der Waals surface area contributed by atoms with Crippen molar-refractivity contribution in [2.75, 3.05) is 18.5 Å². The third-order valence-corrected chi connectivity index (χ3v) is 5.44. The Balaban J connectivity index is 1.97. The Morgan fingerprint density at radius 1 is 1.12 bits per heavy atom. The molecule has 0 aromatic heterocycles. The van der Waals surface area contributed by atoms with E-state index in [1.807, 2.05) is 12.1 Å². The summed E-state index contributed by atoms with van der Waals surface area (Å²) >= 11 is 2.15. The van der Waals surface area contributed by atoms with Crippen molar-refractivity contribution in [3.63, 3.8) is 0 Å². The van der Waals surface area contributed by atoms with E-state index in [1.165, 1.54) is 24.3 Å². The lowest BCUT2D eigenvalue weighted by atomic mass is 10.2. The largest absolute Gasteiger partial charge is 0.452 e. The van der Waals surface area contributed by atoms with Crippen molar-refractivity contribution in [2.24, 2.45) is 0 Å². The summed E-state index contributed by atoms with van der Waals surface area (Å²) in [7, 11) is -3.68. The summed E-state index contributed by atoms with van der Waals surface area (Å²) in [5.41, 5.74) is 0.635. The fourth-order valence-corrected chi connectivity index (χ4v) is 3.45. The highest BCUT2D eigenvalue weighted by molar-refractivity contribution is 14.1. The van der Waals surface area contributed by atoms with Crippen molar-refractivity contribution >= 4 is 50.2 Å². The summed E-state index contributed by atoms with van der Waals surface area (Å²) < 4.78 is 32.3. The predicted octanol–water partition coefficient (Wildman–Crippen LogP) is 2.38. The van der Waals surface area contributed by atoms with Gasteiger partial charge in [-0.2, -0.15) is 0 Å². The highest BCUT2D eigenvalue weighted by Gasteiger charge is 2.16. The molecule has 0 saturated carbocycles. The van der Waals surface area contributed by atoms with E-state index in [1.54, 1.807) is 19.1 Å². The molecule has 0 aliphatic heterocycles. The van der Waals surface area contributed by atoms with E-state index in [0.717, 1.165) is 3.57 Å². The molecule has 2 aromatic rings. The lowest BCUT2D eigenvalue weighted by molar-refractivity contribution is -0.119. The molecule has 7 nitrogen and oxygen atoms in total. The number of carbonyl (C=O) groups excluding carboxylic acids is 2. The average molecular weight is 488 g/mol. The van der Waals surface area contributed by atoms with Crippen LogP contribution in [-0.4, -0.2) is 33.4 Å². The van der Waals surface area contributed by atoms with Crippen LogP contribution in [-0.2, 0) is 19.6 Å². The van der Waals surface area contributed by atoms with Crippen LogP contribution in [0.15, 0.2) is 53.4 Å². The number of amides is 1. The molecule has 2 N–H and O–H groups in total. The first kappa shape index (κ1) is 20.3. The summed E-state index contributed by atoms with van der Waals surface area (Å²) in [6.07, 6.45) is 0. The van der Waals surface area contributed by atoms with Crippen LogP contribution in [0.2, 0.25) is 0 Å². The molecule has 0 spiro atoms. The van der Waals surface area contributed by atoms with Gasteiger partial charge in [0.2, 0.25) is 10.0 Å². The smallest absolute Gasteiger partial charge is 0.338 e. The van der Waals surface area contributed by atoms with Gasteiger partial charge in [-0.1, -0.05) is 13.0 Å². The molecule has 0 fully saturated rings. The second-order valence-corrected chi connectivity index (χ2v) is 8.17. The van der Waals surface area contributed by atoms with Gasteiger partial charge < -0.3 is 10.1 Å².